The fourth-order valence-electron chi connectivity index (χ4n) is 1.81. The number of aromatic nitrogens is 1. The highest BCUT2D eigenvalue weighted by Crippen LogP contribution is 2.14. The van der Waals surface area contributed by atoms with Crippen LogP contribution in [0.4, 0.5) is 0 Å². The number of aryl methyl sites for hydroxylation is 1. The lowest BCUT2D eigenvalue weighted by molar-refractivity contribution is 0.112. The highest BCUT2D eigenvalue weighted by atomic mass is 16.5. The molecule has 84 valence electrons. The van der Waals surface area contributed by atoms with Crippen LogP contribution in [0.15, 0.2) is 6.07 Å². The number of hydrogen-bond donors (Lipinski definition) is 0. The predicted octanol–water partition coefficient (Wildman–Crippen LogP) is 2.34. The zero-order chi connectivity index (χ0) is 11.3. The molecule has 0 radical (unpaired) electrons. The lowest BCUT2D eigenvalue weighted by Crippen LogP contribution is -2.04. The first-order valence-corrected chi connectivity index (χ1v) is 5.31. The number of rotatable bonds is 6. The maximum absolute atomic E-state index is 10.7. The molecule has 0 fully saturated rings. The van der Waals surface area contributed by atoms with Gasteiger partial charge in [-0.3, -0.25) is 4.79 Å². The summed E-state index contributed by atoms with van der Waals surface area (Å²) < 4.78 is 7.20. The Kier molecular flexibility index (Phi) is 4.56. The lowest BCUT2D eigenvalue weighted by Gasteiger charge is -2.08. The third kappa shape index (κ3) is 2.93. The smallest absolute Gasteiger partial charge is 0.151 e. The first kappa shape index (κ1) is 12.0. The number of carbonyl (C=O) groups excluding carboxylic acids is 1. The quantitative estimate of drug-likeness (QED) is 0.532. The van der Waals surface area contributed by atoms with Crippen molar-refractivity contribution in [2.45, 2.75) is 33.2 Å². The van der Waals surface area contributed by atoms with Gasteiger partial charge in [-0.25, -0.2) is 0 Å². The molecule has 0 N–H and O–H groups in total. The van der Waals surface area contributed by atoms with Gasteiger partial charge in [0.2, 0.25) is 0 Å². The third-order valence-corrected chi connectivity index (χ3v) is 2.72. The highest BCUT2D eigenvalue weighted by molar-refractivity contribution is 5.77. The minimum absolute atomic E-state index is 0.805. The van der Waals surface area contributed by atoms with Crippen LogP contribution in [0.5, 0.6) is 0 Å². The van der Waals surface area contributed by atoms with E-state index in [1.54, 1.807) is 7.11 Å². The van der Waals surface area contributed by atoms with E-state index in [2.05, 4.69) is 4.57 Å². The van der Waals surface area contributed by atoms with Crippen molar-refractivity contribution in [3.05, 3.63) is 23.0 Å². The minimum Gasteiger partial charge on any atom is -0.385 e. The second-order valence-electron chi connectivity index (χ2n) is 3.80. The molecule has 1 heterocycles. The van der Waals surface area contributed by atoms with E-state index in [1.807, 2.05) is 19.9 Å². The topological polar surface area (TPSA) is 31.2 Å². The summed E-state index contributed by atoms with van der Waals surface area (Å²) in [6.07, 6.45) is 3.07. The van der Waals surface area contributed by atoms with Gasteiger partial charge in [0.25, 0.3) is 0 Å². The summed E-state index contributed by atoms with van der Waals surface area (Å²) in [4.78, 5) is 10.7. The van der Waals surface area contributed by atoms with Gasteiger partial charge in [0.15, 0.2) is 6.29 Å². The molecule has 1 aromatic heterocycles. The summed E-state index contributed by atoms with van der Waals surface area (Å²) in [5.41, 5.74) is 3.03. The maximum atomic E-state index is 10.7. The Labute approximate surface area is 91.0 Å². The van der Waals surface area contributed by atoms with Crippen LogP contribution >= 0.6 is 0 Å². The van der Waals surface area contributed by atoms with Crippen LogP contribution in [0.25, 0.3) is 0 Å². The minimum atomic E-state index is 0.805. The number of carbonyl (C=O) groups is 1. The normalized spacial score (nSPS) is 10.6. The Morgan fingerprint density at radius 1 is 1.40 bits per heavy atom. The van der Waals surface area contributed by atoms with Gasteiger partial charge in [-0.2, -0.15) is 0 Å². The average Bonchev–Trinajstić information content (AvgIpc) is 2.50. The van der Waals surface area contributed by atoms with Crippen LogP contribution in [0, 0.1) is 13.8 Å². The molecular formula is C12H19NO2. The molecular weight excluding hydrogens is 190 g/mol. The second kappa shape index (κ2) is 5.71. The largest absolute Gasteiger partial charge is 0.385 e. The molecule has 3 heteroatoms. The van der Waals surface area contributed by atoms with E-state index in [1.165, 1.54) is 0 Å². The standard InChI is InChI=1S/C12H19NO2/c1-10-8-12(9-14)11(2)13(10)6-4-5-7-15-3/h8-9H,4-7H2,1-3H3. The Hall–Kier alpha value is -1.09. The summed E-state index contributed by atoms with van der Waals surface area (Å²) in [5.74, 6) is 0. The summed E-state index contributed by atoms with van der Waals surface area (Å²) in [6.45, 7) is 5.80. The summed E-state index contributed by atoms with van der Waals surface area (Å²) >= 11 is 0. The molecule has 0 aliphatic heterocycles. The van der Waals surface area contributed by atoms with Crippen LogP contribution in [-0.4, -0.2) is 24.6 Å². The Bertz CT molecular complexity index is 329. The van der Waals surface area contributed by atoms with Crippen LogP contribution in [-0.2, 0) is 11.3 Å². The van der Waals surface area contributed by atoms with Crippen molar-refractivity contribution in [2.24, 2.45) is 0 Å². The lowest BCUT2D eigenvalue weighted by atomic mass is 10.3. The molecule has 0 saturated carbocycles. The Balaban J connectivity index is 2.60. The van der Waals surface area contributed by atoms with Crippen molar-refractivity contribution in [3.63, 3.8) is 0 Å². The van der Waals surface area contributed by atoms with Crippen LogP contribution in [0.1, 0.15) is 34.6 Å². The molecule has 0 aromatic carbocycles. The van der Waals surface area contributed by atoms with Crippen molar-refractivity contribution in [1.82, 2.24) is 4.57 Å². The second-order valence-corrected chi connectivity index (χ2v) is 3.80. The number of nitrogens with zero attached hydrogens (tertiary/aromatic N) is 1. The van der Waals surface area contributed by atoms with Gasteiger partial charge < -0.3 is 9.30 Å². The predicted molar refractivity (Wildman–Crippen MR) is 60.4 cm³/mol. The van der Waals surface area contributed by atoms with E-state index in [4.69, 9.17) is 4.74 Å². The fourth-order valence-corrected chi connectivity index (χ4v) is 1.81. The van der Waals surface area contributed by atoms with E-state index in [0.717, 1.165) is 49.2 Å². The average molecular weight is 209 g/mol. The van der Waals surface area contributed by atoms with E-state index < -0.39 is 0 Å². The van der Waals surface area contributed by atoms with Gasteiger partial charge in [-0.05, 0) is 32.8 Å². The van der Waals surface area contributed by atoms with Gasteiger partial charge in [0.05, 0.1) is 0 Å². The van der Waals surface area contributed by atoms with Gasteiger partial charge in [0.1, 0.15) is 0 Å². The molecule has 0 bridgehead atoms. The summed E-state index contributed by atoms with van der Waals surface area (Å²) in [5, 5.41) is 0. The van der Waals surface area contributed by atoms with E-state index in [9.17, 15) is 4.79 Å². The number of hydrogen-bond acceptors (Lipinski definition) is 2. The zero-order valence-electron chi connectivity index (χ0n) is 9.75. The number of methoxy groups -OCH3 is 1. The molecule has 0 unspecified atom stereocenters. The Morgan fingerprint density at radius 3 is 2.67 bits per heavy atom. The molecule has 0 spiro atoms. The molecule has 0 aliphatic carbocycles. The SMILES string of the molecule is COCCCCn1c(C)cc(C=O)c1C. The molecule has 1 rings (SSSR count). The van der Waals surface area contributed by atoms with E-state index in [0.29, 0.717) is 0 Å². The number of ether oxygens (including phenoxy) is 1. The van der Waals surface area contributed by atoms with Crippen LogP contribution in [0.3, 0.4) is 0 Å². The molecule has 1 aromatic rings. The van der Waals surface area contributed by atoms with Crippen molar-refractivity contribution in [2.75, 3.05) is 13.7 Å². The third-order valence-electron chi connectivity index (χ3n) is 2.72. The zero-order valence-corrected chi connectivity index (χ0v) is 9.75. The van der Waals surface area contributed by atoms with Gasteiger partial charge in [-0.1, -0.05) is 0 Å². The molecule has 3 nitrogen and oxygen atoms in total. The summed E-state index contributed by atoms with van der Waals surface area (Å²) in [7, 11) is 1.72. The van der Waals surface area contributed by atoms with Crippen molar-refractivity contribution in [1.29, 1.82) is 0 Å². The summed E-state index contributed by atoms with van der Waals surface area (Å²) in [6, 6.07) is 1.94. The molecule has 0 saturated heterocycles. The molecule has 0 amide bonds. The first-order valence-electron chi connectivity index (χ1n) is 5.31. The van der Waals surface area contributed by atoms with Gasteiger partial charge >= 0.3 is 0 Å². The molecule has 15 heavy (non-hydrogen) atoms. The van der Waals surface area contributed by atoms with E-state index >= 15 is 0 Å². The molecule has 0 aliphatic rings. The Morgan fingerprint density at radius 2 is 2.13 bits per heavy atom. The van der Waals surface area contributed by atoms with Crippen molar-refractivity contribution in [3.8, 4) is 0 Å². The monoisotopic (exact) mass is 209 g/mol. The van der Waals surface area contributed by atoms with Gasteiger partial charge in [-0.15, -0.1) is 0 Å². The number of unbranched alkanes of at least 4 members (excludes halogenated alkanes) is 1. The van der Waals surface area contributed by atoms with Crippen LogP contribution < -0.4 is 0 Å². The van der Waals surface area contributed by atoms with E-state index in [-0.39, 0.29) is 0 Å². The van der Waals surface area contributed by atoms with Crippen molar-refractivity contribution >= 4 is 6.29 Å². The molecule has 0 atom stereocenters. The number of aldehydes is 1. The van der Waals surface area contributed by atoms with Crippen LogP contribution in [0.2, 0.25) is 0 Å². The maximum Gasteiger partial charge on any atom is 0.151 e. The highest BCUT2D eigenvalue weighted by Gasteiger charge is 2.07. The first-order chi connectivity index (χ1) is 7.20. The van der Waals surface area contributed by atoms with Gasteiger partial charge in [0, 0.05) is 37.2 Å². The van der Waals surface area contributed by atoms with Crippen molar-refractivity contribution < 1.29 is 9.53 Å². The fraction of sp³-hybridized carbons (Fsp3) is 0.583.